The Morgan fingerprint density at radius 3 is 1.85 bits per heavy atom. The smallest absolute Gasteiger partial charge is 0.138 e. The highest BCUT2D eigenvalue weighted by Crippen LogP contribution is 2.39. The number of fused-ring (bicyclic) bond motifs is 8. The second-order valence-corrected chi connectivity index (χ2v) is 12.9. The van der Waals surface area contributed by atoms with Gasteiger partial charge in [-0.05, 0) is 83.9 Å². The highest BCUT2D eigenvalue weighted by Gasteiger charge is 2.26. The lowest BCUT2D eigenvalue weighted by molar-refractivity contribution is 0.578. The summed E-state index contributed by atoms with van der Waals surface area (Å²) in [6, 6.07) is 45.8. The third kappa shape index (κ3) is 3.88. The molecule has 0 saturated heterocycles. The molecule has 4 heterocycles. The summed E-state index contributed by atoms with van der Waals surface area (Å²) in [5.74, 6) is 1.86. The summed E-state index contributed by atoms with van der Waals surface area (Å²) in [4.78, 5) is 10.4. The highest BCUT2D eigenvalue weighted by atomic mass is 15.1. The molecule has 47 heavy (non-hydrogen) atoms. The number of hydrogen-bond donors (Lipinski definition) is 0. The molecule has 0 spiro atoms. The molecule has 4 nitrogen and oxygen atoms in total. The molecule has 0 fully saturated rings. The van der Waals surface area contributed by atoms with E-state index in [2.05, 4.69) is 168 Å². The molecular weight excluding hydrogens is 573 g/mol. The Hall–Kier alpha value is -6.00. The van der Waals surface area contributed by atoms with Crippen LogP contribution in [0.5, 0.6) is 0 Å². The maximum atomic E-state index is 5.31. The van der Waals surface area contributed by atoms with E-state index in [0.29, 0.717) is 0 Å². The van der Waals surface area contributed by atoms with Gasteiger partial charge in [0.25, 0.3) is 0 Å². The maximum Gasteiger partial charge on any atom is 0.138 e. The molecule has 0 saturated carbocycles. The number of pyridine rings is 2. The van der Waals surface area contributed by atoms with Gasteiger partial charge in [-0.25, -0.2) is 9.97 Å². The summed E-state index contributed by atoms with van der Waals surface area (Å²) >= 11 is 0. The van der Waals surface area contributed by atoms with Crippen LogP contribution in [0.15, 0.2) is 152 Å². The molecule has 222 valence electrons. The molecule has 5 aromatic carbocycles. The largest absolute Gasteiger partial charge is 0.294 e. The molecule has 4 aromatic heterocycles. The third-order valence-electron chi connectivity index (χ3n) is 10.0. The molecular formula is C43H30N4. The van der Waals surface area contributed by atoms with Crippen LogP contribution in [-0.4, -0.2) is 19.1 Å². The van der Waals surface area contributed by atoms with Crippen LogP contribution in [0.3, 0.4) is 0 Å². The van der Waals surface area contributed by atoms with Crippen molar-refractivity contribution in [3.8, 4) is 11.6 Å². The molecule has 1 aliphatic rings. The average Bonchev–Trinajstić information content (AvgIpc) is 3.61. The van der Waals surface area contributed by atoms with Gasteiger partial charge in [-0.3, -0.25) is 9.13 Å². The normalized spacial score (nSPS) is 16.4. The van der Waals surface area contributed by atoms with Crippen molar-refractivity contribution >= 4 is 65.3 Å². The van der Waals surface area contributed by atoms with Crippen molar-refractivity contribution in [2.75, 3.05) is 0 Å². The van der Waals surface area contributed by atoms with Gasteiger partial charge in [-0.1, -0.05) is 91.9 Å². The first-order valence-electron chi connectivity index (χ1n) is 16.2. The summed E-state index contributed by atoms with van der Waals surface area (Å²) in [6.07, 6.45) is 9.70. The van der Waals surface area contributed by atoms with Crippen LogP contribution in [-0.2, 0) is 5.41 Å². The monoisotopic (exact) mass is 602 g/mol. The van der Waals surface area contributed by atoms with Crippen molar-refractivity contribution in [1.82, 2.24) is 19.1 Å². The van der Waals surface area contributed by atoms with Crippen LogP contribution in [0.2, 0.25) is 0 Å². The van der Waals surface area contributed by atoms with Crippen LogP contribution < -0.4 is 0 Å². The van der Waals surface area contributed by atoms with E-state index in [4.69, 9.17) is 9.97 Å². The Morgan fingerprint density at radius 1 is 0.511 bits per heavy atom. The van der Waals surface area contributed by atoms with Gasteiger partial charge < -0.3 is 0 Å². The molecule has 1 aliphatic carbocycles. The van der Waals surface area contributed by atoms with Gasteiger partial charge in [0.05, 0.1) is 33.3 Å². The summed E-state index contributed by atoms with van der Waals surface area (Å²) in [5.41, 5.74) is 6.55. The predicted octanol–water partition coefficient (Wildman–Crippen LogP) is 10.8. The minimum atomic E-state index is -0.133. The second kappa shape index (κ2) is 9.75. The van der Waals surface area contributed by atoms with Gasteiger partial charge in [0.15, 0.2) is 0 Å². The van der Waals surface area contributed by atoms with Crippen LogP contribution >= 0.6 is 0 Å². The molecule has 1 atom stereocenters. The van der Waals surface area contributed by atoms with Gasteiger partial charge >= 0.3 is 0 Å². The number of aromatic nitrogens is 4. The Bertz CT molecular complexity index is 2790. The number of benzene rings is 5. The Labute approximate surface area is 271 Å². The summed E-state index contributed by atoms with van der Waals surface area (Å²) in [5, 5.41) is 8.45. The lowest BCUT2D eigenvalue weighted by atomic mass is 9.80. The van der Waals surface area contributed by atoms with Crippen molar-refractivity contribution in [3.05, 3.63) is 157 Å². The van der Waals surface area contributed by atoms with Gasteiger partial charge in [0, 0.05) is 32.3 Å². The van der Waals surface area contributed by atoms with Crippen molar-refractivity contribution in [2.45, 2.75) is 18.8 Å². The molecule has 4 heteroatoms. The first-order valence-corrected chi connectivity index (χ1v) is 16.2. The van der Waals surface area contributed by atoms with Gasteiger partial charge in [0.2, 0.25) is 0 Å². The second-order valence-electron chi connectivity index (χ2n) is 12.9. The van der Waals surface area contributed by atoms with E-state index in [9.17, 15) is 0 Å². The van der Waals surface area contributed by atoms with E-state index in [1.807, 2.05) is 0 Å². The predicted molar refractivity (Wildman–Crippen MR) is 196 cm³/mol. The fraction of sp³-hybridized carbons (Fsp3) is 0.0698. The van der Waals surface area contributed by atoms with E-state index in [1.165, 1.54) is 32.3 Å². The molecule has 0 N–H and O–H groups in total. The van der Waals surface area contributed by atoms with Gasteiger partial charge in [0.1, 0.15) is 11.6 Å². The Balaban J connectivity index is 1.25. The Kier molecular flexibility index (Phi) is 5.44. The van der Waals surface area contributed by atoms with Gasteiger partial charge in [-0.15, -0.1) is 0 Å². The zero-order chi connectivity index (χ0) is 31.1. The summed E-state index contributed by atoms with van der Waals surface area (Å²) < 4.78 is 4.65. The van der Waals surface area contributed by atoms with E-state index in [0.717, 1.165) is 56.7 Å². The maximum absolute atomic E-state index is 5.31. The van der Waals surface area contributed by atoms with E-state index >= 15 is 0 Å². The summed E-state index contributed by atoms with van der Waals surface area (Å²) in [7, 11) is 0. The lowest BCUT2D eigenvalue weighted by Crippen LogP contribution is -2.21. The van der Waals surface area contributed by atoms with E-state index in [-0.39, 0.29) is 5.41 Å². The zero-order valence-electron chi connectivity index (χ0n) is 25.9. The number of rotatable bonds is 3. The van der Waals surface area contributed by atoms with Crippen LogP contribution in [0.1, 0.15) is 19.0 Å². The molecule has 0 aliphatic heterocycles. The molecule has 1 unspecified atom stereocenters. The summed E-state index contributed by atoms with van der Waals surface area (Å²) in [6.45, 7) is 2.27. The number of allylic oxidation sites excluding steroid dienone is 4. The molecule has 0 bridgehead atoms. The Morgan fingerprint density at radius 2 is 1.15 bits per heavy atom. The molecule has 9 aromatic rings. The van der Waals surface area contributed by atoms with E-state index < -0.39 is 0 Å². The molecule has 0 amide bonds. The van der Waals surface area contributed by atoms with Crippen molar-refractivity contribution in [1.29, 1.82) is 0 Å². The molecule has 10 rings (SSSR count). The minimum Gasteiger partial charge on any atom is -0.294 e. The first kappa shape index (κ1) is 26.2. The zero-order valence-corrected chi connectivity index (χ0v) is 25.9. The minimum absolute atomic E-state index is 0.133. The highest BCUT2D eigenvalue weighted by molar-refractivity contribution is 6.18. The fourth-order valence-electron chi connectivity index (χ4n) is 7.64. The van der Waals surface area contributed by atoms with Crippen molar-refractivity contribution in [3.63, 3.8) is 0 Å². The van der Waals surface area contributed by atoms with Crippen LogP contribution in [0.25, 0.3) is 76.9 Å². The van der Waals surface area contributed by atoms with Crippen molar-refractivity contribution < 1.29 is 0 Å². The third-order valence-corrected chi connectivity index (χ3v) is 10.0. The topological polar surface area (TPSA) is 35.6 Å². The molecule has 0 radical (unpaired) electrons. The standard InChI is InChI=1S/C43H30N4/c1-43(22-9-2-10-23-43)40-18-11-19-41(45-40)46-36-16-7-4-13-31(36)33-24-29-25-34-32-14-5-8-17-37(32)47(39(34)27-30(29)26-38(33)46)42-21-20-28-12-3-6-15-35(28)44-42/h2-22,24-27H,23H2,1H3. The number of nitrogens with zero attached hydrogens (tertiary/aromatic N) is 4. The van der Waals surface area contributed by atoms with Crippen LogP contribution in [0, 0.1) is 0 Å². The fourth-order valence-corrected chi connectivity index (χ4v) is 7.64. The number of para-hydroxylation sites is 3. The van der Waals surface area contributed by atoms with E-state index in [1.54, 1.807) is 0 Å². The van der Waals surface area contributed by atoms with Crippen molar-refractivity contribution in [2.24, 2.45) is 0 Å². The quantitative estimate of drug-likeness (QED) is 0.202. The number of hydrogen-bond acceptors (Lipinski definition) is 2. The SMILES string of the molecule is CC1(c2cccc(-n3c4ccccc4c4cc5cc6c7ccccc7n(-c7ccc8ccccc8n7)c6cc5cc43)n2)C=CC=CC1. The lowest BCUT2D eigenvalue weighted by Gasteiger charge is -2.26. The van der Waals surface area contributed by atoms with Gasteiger partial charge in [-0.2, -0.15) is 0 Å². The average molecular weight is 603 g/mol. The van der Waals surface area contributed by atoms with Crippen LogP contribution in [0.4, 0.5) is 0 Å². The first-order chi connectivity index (χ1) is 23.1.